The van der Waals surface area contributed by atoms with E-state index in [1.807, 2.05) is 6.92 Å². The minimum absolute atomic E-state index is 0.393. The molecule has 4 heterocycles. The molecule has 0 aliphatic carbocycles. The Labute approximate surface area is 188 Å². The highest BCUT2D eigenvalue weighted by atomic mass is 15.2. The number of hydrogen-bond acceptors (Lipinski definition) is 4. The Kier molecular flexibility index (Phi) is 5.22. The molecule has 6 heteroatoms. The molecule has 0 saturated carbocycles. The number of nitrogens with one attached hydrogen (secondary N) is 1. The Morgan fingerprint density at radius 3 is 2.66 bits per heavy atom. The number of pyridine rings is 1. The zero-order valence-electron chi connectivity index (χ0n) is 19.3. The first-order valence-electron chi connectivity index (χ1n) is 11.5. The Hall–Kier alpha value is -3.17. The molecule has 6 nitrogen and oxygen atoms in total. The number of benzene rings is 1. The van der Waals surface area contributed by atoms with Crippen molar-refractivity contribution in [1.29, 1.82) is 5.26 Å². The number of likely N-dealkylation sites (tertiary alicyclic amines) is 1. The normalized spacial score (nSPS) is 15.8. The average molecular weight is 427 g/mol. The predicted molar refractivity (Wildman–Crippen MR) is 128 cm³/mol. The Balaban J connectivity index is 1.58. The van der Waals surface area contributed by atoms with E-state index in [1.54, 1.807) is 0 Å². The van der Waals surface area contributed by atoms with Gasteiger partial charge in [0.1, 0.15) is 5.82 Å². The molecule has 0 amide bonds. The lowest BCUT2D eigenvalue weighted by atomic mass is 9.87. The lowest BCUT2D eigenvalue weighted by molar-refractivity contribution is 0.235. The van der Waals surface area contributed by atoms with Crippen molar-refractivity contribution in [2.45, 2.75) is 52.4 Å². The van der Waals surface area contributed by atoms with E-state index in [9.17, 15) is 0 Å². The van der Waals surface area contributed by atoms with Crippen LogP contribution >= 0.6 is 0 Å². The number of aromatic amines is 1. The Morgan fingerprint density at radius 1 is 1.16 bits per heavy atom. The van der Waals surface area contributed by atoms with Crippen molar-refractivity contribution in [3.8, 4) is 17.3 Å². The molecule has 1 aliphatic heterocycles. The molecule has 0 spiro atoms. The van der Waals surface area contributed by atoms with Gasteiger partial charge in [0.25, 0.3) is 0 Å². The van der Waals surface area contributed by atoms with E-state index in [1.165, 1.54) is 33.3 Å². The molecule has 1 N–H and O–H groups in total. The van der Waals surface area contributed by atoms with Gasteiger partial charge in [0.05, 0.1) is 18.3 Å². The number of aromatic nitrogens is 4. The molecule has 1 fully saturated rings. The van der Waals surface area contributed by atoms with Gasteiger partial charge in [-0.05, 0) is 86.5 Å². The first kappa shape index (κ1) is 20.7. The lowest BCUT2D eigenvalue weighted by Gasteiger charge is -2.30. The minimum atomic E-state index is 0.393. The van der Waals surface area contributed by atoms with Crippen LogP contribution in [0, 0.1) is 25.2 Å². The predicted octanol–water partition coefficient (Wildman–Crippen LogP) is 5.32. The molecule has 0 atom stereocenters. The van der Waals surface area contributed by atoms with E-state index in [0.29, 0.717) is 18.4 Å². The van der Waals surface area contributed by atoms with Crippen LogP contribution in [0.2, 0.25) is 0 Å². The van der Waals surface area contributed by atoms with Gasteiger partial charge in [0.15, 0.2) is 5.65 Å². The third-order valence-corrected chi connectivity index (χ3v) is 6.94. The van der Waals surface area contributed by atoms with Crippen molar-refractivity contribution in [2.24, 2.45) is 0 Å². The second-order valence-electron chi connectivity index (χ2n) is 9.43. The molecular weight excluding hydrogens is 396 g/mol. The topological polar surface area (TPSA) is 73.0 Å². The van der Waals surface area contributed by atoms with Crippen LogP contribution in [0.1, 0.15) is 61.0 Å². The fourth-order valence-electron chi connectivity index (χ4n) is 5.24. The van der Waals surface area contributed by atoms with Crippen molar-refractivity contribution in [3.63, 3.8) is 0 Å². The fourth-order valence-corrected chi connectivity index (χ4v) is 5.24. The van der Waals surface area contributed by atoms with Crippen LogP contribution < -0.4 is 0 Å². The summed E-state index contributed by atoms with van der Waals surface area (Å²) in [6.07, 6.45) is 4.38. The molecule has 164 valence electrons. The summed E-state index contributed by atoms with van der Waals surface area (Å²) in [7, 11) is 0. The number of fused-ring (bicyclic) bond motifs is 2. The summed E-state index contributed by atoms with van der Waals surface area (Å²) in [6.45, 7) is 11.2. The fraction of sp³-hybridized carbons (Fsp3) is 0.423. The average Bonchev–Trinajstić information content (AvgIpc) is 3.35. The number of aryl methyl sites for hydroxylation is 2. The smallest absolute Gasteiger partial charge is 0.163 e. The van der Waals surface area contributed by atoms with Crippen molar-refractivity contribution in [2.75, 3.05) is 19.6 Å². The van der Waals surface area contributed by atoms with Crippen molar-refractivity contribution in [3.05, 3.63) is 53.0 Å². The monoisotopic (exact) mass is 426 g/mol. The molecule has 1 saturated heterocycles. The summed E-state index contributed by atoms with van der Waals surface area (Å²) in [4.78, 5) is 5.98. The molecule has 32 heavy (non-hydrogen) atoms. The van der Waals surface area contributed by atoms with Crippen LogP contribution in [0.4, 0.5) is 0 Å². The lowest BCUT2D eigenvalue weighted by Crippen LogP contribution is -2.33. The largest absolute Gasteiger partial charge is 0.354 e. The van der Waals surface area contributed by atoms with E-state index in [-0.39, 0.29) is 0 Å². The molecule has 0 bridgehead atoms. The van der Waals surface area contributed by atoms with Gasteiger partial charge in [-0.25, -0.2) is 0 Å². The summed E-state index contributed by atoms with van der Waals surface area (Å²) in [6, 6.07) is 11.4. The van der Waals surface area contributed by atoms with Gasteiger partial charge in [0, 0.05) is 22.7 Å². The number of nitrogens with zero attached hydrogens (tertiary/aromatic N) is 5. The zero-order chi connectivity index (χ0) is 22.4. The van der Waals surface area contributed by atoms with E-state index >= 15 is 0 Å². The van der Waals surface area contributed by atoms with E-state index in [0.717, 1.165) is 43.0 Å². The van der Waals surface area contributed by atoms with Crippen LogP contribution in [-0.4, -0.2) is 44.1 Å². The maximum absolute atomic E-state index is 8.97. The Morgan fingerprint density at radius 2 is 1.94 bits per heavy atom. The molecule has 3 aromatic heterocycles. The van der Waals surface area contributed by atoms with Crippen molar-refractivity contribution >= 4 is 16.6 Å². The number of piperidine rings is 1. The third-order valence-electron chi connectivity index (χ3n) is 6.94. The highest BCUT2D eigenvalue weighted by Gasteiger charge is 2.23. The van der Waals surface area contributed by atoms with Crippen LogP contribution in [0.25, 0.3) is 27.8 Å². The molecule has 4 aromatic rings. The van der Waals surface area contributed by atoms with Gasteiger partial charge in [-0.1, -0.05) is 19.9 Å². The first-order chi connectivity index (χ1) is 15.5. The molecule has 0 unspecified atom stereocenters. The van der Waals surface area contributed by atoms with E-state index in [4.69, 9.17) is 5.26 Å². The van der Waals surface area contributed by atoms with Gasteiger partial charge in [0.2, 0.25) is 0 Å². The summed E-state index contributed by atoms with van der Waals surface area (Å²) in [5, 5.41) is 18.9. The van der Waals surface area contributed by atoms with Gasteiger partial charge >= 0.3 is 0 Å². The summed E-state index contributed by atoms with van der Waals surface area (Å²) in [5.41, 5.74) is 8.38. The van der Waals surface area contributed by atoms with Crippen molar-refractivity contribution in [1.82, 2.24) is 24.5 Å². The second kappa shape index (κ2) is 8.07. The van der Waals surface area contributed by atoms with Crippen LogP contribution in [0.5, 0.6) is 0 Å². The highest BCUT2D eigenvalue weighted by Crippen LogP contribution is 2.38. The molecular formula is C26H30N6. The van der Waals surface area contributed by atoms with E-state index < -0.39 is 0 Å². The third kappa shape index (κ3) is 3.47. The van der Waals surface area contributed by atoms with Gasteiger partial charge < -0.3 is 4.98 Å². The molecule has 1 aromatic carbocycles. The number of hydrogen-bond donors (Lipinski definition) is 1. The maximum atomic E-state index is 8.97. The summed E-state index contributed by atoms with van der Waals surface area (Å²) >= 11 is 0. The maximum Gasteiger partial charge on any atom is 0.163 e. The second-order valence-corrected chi connectivity index (χ2v) is 9.43. The number of rotatable bonds is 4. The number of H-pyrrole nitrogens is 1. The standard InChI is InChI=1S/C26H30N6/c1-16(2)24-22-14-20(19-7-10-31(11-8-19)12-9-27)5-6-23(22)28-25(24)21-13-17(3)26-30-29-18(4)32(26)15-21/h5-6,13-16,19,28H,7-8,10-12H2,1-4H3. The minimum Gasteiger partial charge on any atom is -0.354 e. The quantitative estimate of drug-likeness (QED) is 0.448. The van der Waals surface area contributed by atoms with E-state index in [2.05, 4.69) is 81.8 Å². The SMILES string of the molecule is Cc1cc(-c2[nH]c3ccc(C4CCN(CC#N)CC4)cc3c2C(C)C)cn2c(C)nnc12. The van der Waals surface area contributed by atoms with Crippen LogP contribution in [0.3, 0.4) is 0 Å². The van der Waals surface area contributed by atoms with Gasteiger partial charge in [-0.3, -0.25) is 9.30 Å². The van der Waals surface area contributed by atoms with Crippen molar-refractivity contribution < 1.29 is 0 Å². The number of nitriles is 1. The van der Waals surface area contributed by atoms with Gasteiger partial charge in [-0.2, -0.15) is 5.26 Å². The van der Waals surface area contributed by atoms with Crippen LogP contribution in [-0.2, 0) is 0 Å². The zero-order valence-corrected chi connectivity index (χ0v) is 19.3. The molecule has 5 rings (SSSR count). The van der Waals surface area contributed by atoms with Gasteiger partial charge in [-0.15, -0.1) is 10.2 Å². The summed E-state index contributed by atoms with van der Waals surface area (Å²) in [5.74, 6) is 1.85. The molecule has 1 aliphatic rings. The van der Waals surface area contributed by atoms with Crippen LogP contribution in [0.15, 0.2) is 30.5 Å². The first-order valence-corrected chi connectivity index (χ1v) is 11.5. The summed E-state index contributed by atoms with van der Waals surface area (Å²) < 4.78 is 2.08. The Bertz CT molecular complexity index is 1330. The highest BCUT2D eigenvalue weighted by molar-refractivity contribution is 5.92. The molecule has 0 radical (unpaired) electrons.